The predicted molar refractivity (Wildman–Crippen MR) is 64.1 cm³/mol. The van der Waals surface area contributed by atoms with E-state index in [1.165, 1.54) is 11.1 Å². The fourth-order valence-corrected chi connectivity index (χ4v) is 2.31. The van der Waals surface area contributed by atoms with E-state index in [0.29, 0.717) is 6.04 Å². The highest BCUT2D eigenvalue weighted by Gasteiger charge is 2.19. The van der Waals surface area contributed by atoms with Crippen molar-refractivity contribution in [1.29, 1.82) is 0 Å². The molecule has 2 rings (SSSR count). The fourth-order valence-electron chi connectivity index (χ4n) is 2.08. The van der Waals surface area contributed by atoms with E-state index >= 15 is 0 Å². The van der Waals surface area contributed by atoms with Gasteiger partial charge in [0.05, 0.1) is 0 Å². The van der Waals surface area contributed by atoms with Crippen LogP contribution in [0.4, 0.5) is 0 Å². The number of rotatable bonds is 2. The summed E-state index contributed by atoms with van der Waals surface area (Å²) in [5, 5.41) is 0.814. The van der Waals surface area contributed by atoms with Gasteiger partial charge in [0.15, 0.2) is 0 Å². The van der Waals surface area contributed by atoms with Gasteiger partial charge in [0.2, 0.25) is 0 Å². The van der Waals surface area contributed by atoms with Crippen LogP contribution in [0.1, 0.15) is 17.5 Å². The number of nitrogens with zero attached hydrogens (tertiary/aromatic N) is 1. The van der Waals surface area contributed by atoms with Crippen molar-refractivity contribution < 1.29 is 0 Å². The number of hydrogen-bond acceptors (Lipinski definition) is 2. The Bertz CT molecular complexity index is 351. The van der Waals surface area contributed by atoms with Gasteiger partial charge in [0.25, 0.3) is 0 Å². The van der Waals surface area contributed by atoms with Crippen LogP contribution in [-0.2, 0) is 6.54 Å². The number of hydrogen-bond donors (Lipinski definition) is 1. The Morgan fingerprint density at radius 3 is 2.93 bits per heavy atom. The molecule has 1 aromatic carbocycles. The lowest BCUT2D eigenvalue weighted by Crippen LogP contribution is -2.26. The average Bonchev–Trinajstić information content (AvgIpc) is 2.56. The molecular formula is C12H17ClN2. The van der Waals surface area contributed by atoms with Gasteiger partial charge >= 0.3 is 0 Å². The Kier molecular flexibility index (Phi) is 3.29. The van der Waals surface area contributed by atoms with Crippen LogP contribution in [0.5, 0.6) is 0 Å². The molecule has 2 N–H and O–H groups in total. The molecule has 15 heavy (non-hydrogen) atoms. The molecule has 0 aromatic heterocycles. The molecule has 2 nitrogen and oxygen atoms in total. The monoisotopic (exact) mass is 224 g/mol. The third-order valence-corrected chi connectivity index (χ3v) is 3.24. The largest absolute Gasteiger partial charge is 0.326 e. The van der Waals surface area contributed by atoms with Gasteiger partial charge < -0.3 is 5.73 Å². The van der Waals surface area contributed by atoms with E-state index in [9.17, 15) is 0 Å². The first-order chi connectivity index (χ1) is 7.15. The summed E-state index contributed by atoms with van der Waals surface area (Å²) in [5.74, 6) is 0. The number of benzene rings is 1. The molecule has 0 radical (unpaired) electrons. The summed E-state index contributed by atoms with van der Waals surface area (Å²) in [7, 11) is 0. The first-order valence-electron chi connectivity index (χ1n) is 5.38. The van der Waals surface area contributed by atoms with E-state index in [2.05, 4.69) is 17.9 Å². The van der Waals surface area contributed by atoms with Crippen molar-refractivity contribution in [3.8, 4) is 0 Å². The first kappa shape index (κ1) is 10.9. The Hall–Kier alpha value is -0.570. The molecule has 1 saturated heterocycles. The average molecular weight is 225 g/mol. The Morgan fingerprint density at radius 2 is 2.33 bits per heavy atom. The van der Waals surface area contributed by atoms with Gasteiger partial charge in [-0.15, -0.1) is 0 Å². The molecule has 1 aliphatic heterocycles. The van der Waals surface area contributed by atoms with Gasteiger partial charge in [-0.2, -0.15) is 0 Å². The van der Waals surface area contributed by atoms with Gasteiger partial charge in [-0.3, -0.25) is 4.90 Å². The zero-order valence-electron chi connectivity index (χ0n) is 9.04. The molecule has 1 atom stereocenters. The van der Waals surface area contributed by atoms with Crippen molar-refractivity contribution in [1.82, 2.24) is 4.90 Å². The summed E-state index contributed by atoms with van der Waals surface area (Å²) in [6.45, 7) is 5.24. The quantitative estimate of drug-likeness (QED) is 0.835. The van der Waals surface area contributed by atoms with Gasteiger partial charge in [-0.05, 0) is 36.6 Å². The predicted octanol–water partition coefficient (Wildman–Crippen LogP) is 2.18. The van der Waals surface area contributed by atoms with Crippen LogP contribution in [0, 0.1) is 6.92 Å². The second-order valence-electron chi connectivity index (χ2n) is 4.35. The third kappa shape index (κ3) is 2.71. The van der Waals surface area contributed by atoms with E-state index in [4.69, 9.17) is 17.3 Å². The molecule has 0 amide bonds. The minimum atomic E-state index is 0.359. The second-order valence-corrected chi connectivity index (χ2v) is 4.79. The molecule has 1 heterocycles. The number of halogens is 1. The van der Waals surface area contributed by atoms with E-state index in [0.717, 1.165) is 31.1 Å². The van der Waals surface area contributed by atoms with Gasteiger partial charge in [0.1, 0.15) is 0 Å². The topological polar surface area (TPSA) is 29.3 Å². The minimum Gasteiger partial charge on any atom is -0.326 e. The number of likely N-dealkylation sites (tertiary alicyclic amines) is 1. The van der Waals surface area contributed by atoms with E-state index in [1.54, 1.807) is 0 Å². The van der Waals surface area contributed by atoms with Gasteiger partial charge in [-0.1, -0.05) is 17.7 Å². The smallest absolute Gasteiger partial charge is 0.0408 e. The fraction of sp³-hybridized carbons (Fsp3) is 0.500. The molecule has 0 bridgehead atoms. The summed E-state index contributed by atoms with van der Waals surface area (Å²) in [5.41, 5.74) is 8.50. The molecule has 1 aliphatic rings. The van der Waals surface area contributed by atoms with Crippen LogP contribution < -0.4 is 5.73 Å². The normalized spacial score (nSPS) is 22.2. The van der Waals surface area contributed by atoms with Crippen LogP contribution in [0.2, 0.25) is 5.02 Å². The highest BCUT2D eigenvalue weighted by atomic mass is 35.5. The Morgan fingerprint density at radius 1 is 1.53 bits per heavy atom. The van der Waals surface area contributed by atoms with Crippen LogP contribution in [0.25, 0.3) is 0 Å². The summed E-state index contributed by atoms with van der Waals surface area (Å²) in [4.78, 5) is 2.40. The van der Waals surface area contributed by atoms with Gasteiger partial charge in [-0.25, -0.2) is 0 Å². The zero-order valence-corrected chi connectivity index (χ0v) is 9.80. The minimum absolute atomic E-state index is 0.359. The van der Waals surface area contributed by atoms with Crippen molar-refractivity contribution in [2.75, 3.05) is 13.1 Å². The Labute approximate surface area is 96.0 Å². The zero-order chi connectivity index (χ0) is 10.8. The molecule has 82 valence electrons. The molecule has 1 fully saturated rings. The molecule has 1 aromatic rings. The van der Waals surface area contributed by atoms with Crippen molar-refractivity contribution in [2.45, 2.75) is 25.9 Å². The summed E-state index contributed by atoms with van der Waals surface area (Å²) in [6, 6.07) is 6.45. The second kappa shape index (κ2) is 4.52. The highest BCUT2D eigenvalue weighted by molar-refractivity contribution is 6.30. The van der Waals surface area contributed by atoms with Crippen molar-refractivity contribution >= 4 is 11.6 Å². The number of aryl methyl sites for hydroxylation is 1. The highest BCUT2D eigenvalue weighted by Crippen LogP contribution is 2.18. The van der Waals surface area contributed by atoms with Crippen LogP contribution in [0.15, 0.2) is 18.2 Å². The summed E-state index contributed by atoms with van der Waals surface area (Å²) < 4.78 is 0. The van der Waals surface area contributed by atoms with Crippen LogP contribution in [-0.4, -0.2) is 24.0 Å². The van der Waals surface area contributed by atoms with E-state index < -0.39 is 0 Å². The van der Waals surface area contributed by atoms with Crippen LogP contribution >= 0.6 is 11.6 Å². The molecular weight excluding hydrogens is 208 g/mol. The number of nitrogens with two attached hydrogens (primary N) is 1. The lowest BCUT2D eigenvalue weighted by molar-refractivity contribution is 0.326. The van der Waals surface area contributed by atoms with Gasteiger partial charge in [0, 0.05) is 30.7 Å². The SMILES string of the molecule is Cc1cc(Cl)ccc1CN1CC[C@H](N)C1. The van der Waals surface area contributed by atoms with Crippen molar-refractivity contribution in [3.05, 3.63) is 34.3 Å². The maximum atomic E-state index is 5.92. The molecule has 3 heteroatoms. The van der Waals surface area contributed by atoms with E-state index in [-0.39, 0.29) is 0 Å². The van der Waals surface area contributed by atoms with E-state index in [1.807, 2.05) is 12.1 Å². The molecule has 0 spiro atoms. The van der Waals surface area contributed by atoms with Crippen LogP contribution in [0.3, 0.4) is 0 Å². The molecule has 0 saturated carbocycles. The summed E-state index contributed by atoms with van der Waals surface area (Å²) in [6.07, 6.45) is 1.12. The van der Waals surface area contributed by atoms with Crippen molar-refractivity contribution in [2.24, 2.45) is 5.73 Å². The molecule has 0 aliphatic carbocycles. The third-order valence-electron chi connectivity index (χ3n) is 3.01. The maximum absolute atomic E-state index is 5.92. The lowest BCUT2D eigenvalue weighted by atomic mass is 10.1. The standard InChI is InChI=1S/C12H17ClN2/c1-9-6-11(13)3-2-10(9)7-15-5-4-12(14)8-15/h2-3,6,12H,4-5,7-8,14H2,1H3/t12-/m0/s1. The van der Waals surface area contributed by atoms with Crippen molar-refractivity contribution in [3.63, 3.8) is 0 Å². The molecule has 0 unspecified atom stereocenters. The lowest BCUT2D eigenvalue weighted by Gasteiger charge is -2.16. The summed E-state index contributed by atoms with van der Waals surface area (Å²) >= 11 is 5.92. The Balaban J connectivity index is 2.04. The first-order valence-corrected chi connectivity index (χ1v) is 5.76. The maximum Gasteiger partial charge on any atom is 0.0408 e.